The number of hydrogen-bond donors (Lipinski definition) is 1. The van der Waals surface area contributed by atoms with Crippen molar-refractivity contribution in [1.29, 1.82) is 0 Å². The Hall–Kier alpha value is -2.37. The first-order chi connectivity index (χ1) is 9.50. The molecule has 0 aliphatic carbocycles. The van der Waals surface area contributed by atoms with E-state index in [-0.39, 0.29) is 17.0 Å². The normalized spacial score (nSPS) is 10.6. The van der Waals surface area contributed by atoms with Gasteiger partial charge in [0, 0.05) is 45.1 Å². The van der Waals surface area contributed by atoms with Gasteiger partial charge in [0.25, 0.3) is 11.5 Å². The molecule has 106 valence electrons. The lowest BCUT2D eigenvalue weighted by atomic mass is 10.2. The highest BCUT2D eigenvalue weighted by Gasteiger charge is 2.12. The minimum absolute atomic E-state index is 0.165. The zero-order valence-corrected chi connectivity index (χ0v) is 11.9. The summed E-state index contributed by atoms with van der Waals surface area (Å²) >= 11 is 0. The van der Waals surface area contributed by atoms with Crippen molar-refractivity contribution >= 4 is 5.91 Å². The van der Waals surface area contributed by atoms with Crippen LogP contribution in [-0.2, 0) is 20.5 Å². The van der Waals surface area contributed by atoms with Crippen LogP contribution >= 0.6 is 0 Å². The largest absolute Gasteiger partial charge is 0.351 e. The number of aromatic nitrogens is 3. The maximum absolute atomic E-state index is 12.0. The van der Waals surface area contributed by atoms with Gasteiger partial charge in [0.1, 0.15) is 11.4 Å². The molecule has 2 aromatic rings. The summed E-state index contributed by atoms with van der Waals surface area (Å²) in [5.41, 5.74) is 0.706. The number of hydrogen-bond acceptors (Lipinski definition) is 3. The van der Waals surface area contributed by atoms with E-state index in [0.29, 0.717) is 13.0 Å². The smallest absolute Gasteiger partial charge is 0.263 e. The van der Waals surface area contributed by atoms with Crippen LogP contribution in [0.4, 0.5) is 0 Å². The van der Waals surface area contributed by atoms with Crippen molar-refractivity contribution in [2.45, 2.75) is 13.3 Å². The van der Waals surface area contributed by atoms with Crippen molar-refractivity contribution in [3.05, 3.63) is 52.0 Å². The maximum atomic E-state index is 12.0. The van der Waals surface area contributed by atoms with Crippen molar-refractivity contribution in [3.63, 3.8) is 0 Å². The highest BCUT2D eigenvalue weighted by atomic mass is 16.2. The fourth-order valence-corrected chi connectivity index (χ4v) is 1.92. The Bertz CT molecular complexity index is 685. The van der Waals surface area contributed by atoms with Gasteiger partial charge in [0.05, 0.1) is 0 Å². The Morgan fingerprint density at radius 3 is 2.75 bits per heavy atom. The molecule has 20 heavy (non-hydrogen) atoms. The Morgan fingerprint density at radius 2 is 2.10 bits per heavy atom. The molecule has 6 nitrogen and oxygen atoms in total. The molecule has 0 aromatic carbocycles. The van der Waals surface area contributed by atoms with E-state index < -0.39 is 0 Å². The monoisotopic (exact) mass is 274 g/mol. The Kier molecular flexibility index (Phi) is 4.02. The van der Waals surface area contributed by atoms with Crippen molar-refractivity contribution in [2.24, 2.45) is 14.1 Å². The molecule has 0 aliphatic rings. The van der Waals surface area contributed by atoms with E-state index in [1.54, 1.807) is 25.4 Å². The number of aryl methyl sites for hydroxylation is 2. The molecule has 0 radical (unpaired) electrons. The second kappa shape index (κ2) is 5.73. The predicted molar refractivity (Wildman–Crippen MR) is 75.7 cm³/mol. The van der Waals surface area contributed by atoms with Gasteiger partial charge >= 0.3 is 0 Å². The second-order valence-corrected chi connectivity index (χ2v) is 4.71. The molecule has 0 saturated heterocycles. The van der Waals surface area contributed by atoms with Crippen molar-refractivity contribution in [1.82, 2.24) is 19.4 Å². The molecular weight excluding hydrogens is 256 g/mol. The van der Waals surface area contributed by atoms with Gasteiger partial charge in [-0.1, -0.05) is 0 Å². The van der Waals surface area contributed by atoms with Crippen LogP contribution in [0.25, 0.3) is 0 Å². The van der Waals surface area contributed by atoms with Gasteiger partial charge in [-0.3, -0.25) is 9.59 Å². The summed E-state index contributed by atoms with van der Waals surface area (Å²) in [6, 6.07) is 3.32. The Morgan fingerprint density at radius 1 is 1.35 bits per heavy atom. The third-order valence-electron chi connectivity index (χ3n) is 3.36. The molecule has 0 saturated carbocycles. The Labute approximate surface area is 117 Å². The summed E-state index contributed by atoms with van der Waals surface area (Å²) < 4.78 is 3.37. The van der Waals surface area contributed by atoms with Gasteiger partial charge in [-0.2, -0.15) is 0 Å². The predicted octanol–water partition coefficient (Wildman–Crippen LogP) is 0.400. The summed E-state index contributed by atoms with van der Waals surface area (Å²) in [6.45, 7) is 2.27. The van der Waals surface area contributed by atoms with Gasteiger partial charge in [-0.05, 0) is 19.1 Å². The standard InChI is InChI=1S/C14H18N4O2/c1-10-4-5-11(14(20)18(10)3)13(19)16-7-6-12-15-8-9-17(12)2/h4-5,8-9H,6-7H2,1-3H3,(H,16,19). The van der Waals surface area contributed by atoms with Crippen LogP contribution in [-0.4, -0.2) is 26.6 Å². The van der Waals surface area contributed by atoms with E-state index in [1.807, 2.05) is 24.7 Å². The quantitative estimate of drug-likeness (QED) is 0.877. The Balaban J connectivity index is 2.01. The lowest BCUT2D eigenvalue weighted by Crippen LogP contribution is -2.33. The number of carbonyl (C=O) groups is 1. The SMILES string of the molecule is Cc1ccc(C(=O)NCCc2nccn2C)c(=O)n1C. The summed E-state index contributed by atoms with van der Waals surface area (Å²) in [5.74, 6) is 0.543. The molecule has 0 aliphatic heterocycles. The summed E-state index contributed by atoms with van der Waals surface area (Å²) in [6.07, 6.45) is 4.20. The van der Waals surface area contributed by atoms with Crippen LogP contribution in [0, 0.1) is 6.92 Å². The maximum Gasteiger partial charge on any atom is 0.263 e. The molecule has 0 bridgehead atoms. The number of imidazole rings is 1. The van der Waals surface area contributed by atoms with Crippen LogP contribution in [0.5, 0.6) is 0 Å². The van der Waals surface area contributed by atoms with Gasteiger partial charge in [-0.15, -0.1) is 0 Å². The average molecular weight is 274 g/mol. The number of rotatable bonds is 4. The fraction of sp³-hybridized carbons (Fsp3) is 0.357. The first-order valence-corrected chi connectivity index (χ1v) is 6.41. The zero-order chi connectivity index (χ0) is 14.7. The minimum atomic E-state index is -0.347. The molecule has 0 spiro atoms. The van der Waals surface area contributed by atoms with E-state index in [9.17, 15) is 9.59 Å². The molecular formula is C14H18N4O2. The lowest BCUT2D eigenvalue weighted by Gasteiger charge is -2.08. The molecule has 2 aromatic heterocycles. The van der Waals surface area contributed by atoms with Crippen molar-refractivity contribution < 1.29 is 4.79 Å². The molecule has 0 unspecified atom stereocenters. The van der Waals surface area contributed by atoms with Crippen LogP contribution in [0.3, 0.4) is 0 Å². The topological polar surface area (TPSA) is 68.9 Å². The van der Waals surface area contributed by atoms with E-state index in [1.165, 1.54) is 4.57 Å². The summed E-state index contributed by atoms with van der Waals surface area (Å²) in [5, 5.41) is 2.75. The first-order valence-electron chi connectivity index (χ1n) is 6.41. The fourth-order valence-electron chi connectivity index (χ4n) is 1.92. The second-order valence-electron chi connectivity index (χ2n) is 4.71. The van der Waals surface area contributed by atoms with Gasteiger partial charge in [0.2, 0.25) is 0 Å². The van der Waals surface area contributed by atoms with Crippen LogP contribution in [0.15, 0.2) is 29.3 Å². The van der Waals surface area contributed by atoms with E-state index in [4.69, 9.17) is 0 Å². The van der Waals surface area contributed by atoms with E-state index >= 15 is 0 Å². The van der Waals surface area contributed by atoms with E-state index in [0.717, 1.165) is 11.5 Å². The first kappa shape index (κ1) is 14.0. The van der Waals surface area contributed by atoms with Crippen LogP contribution in [0.1, 0.15) is 21.9 Å². The lowest BCUT2D eigenvalue weighted by molar-refractivity contribution is 0.0952. The molecule has 1 N–H and O–H groups in total. The number of amides is 1. The number of carbonyl (C=O) groups excluding carboxylic acids is 1. The molecule has 1 amide bonds. The minimum Gasteiger partial charge on any atom is -0.351 e. The van der Waals surface area contributed by atoms with Crippen molar-refractivity contribution in [2.75, 3.05) is 6.54 Å². The summed E-state index contributed by atoms with van der Waals surface area (Å²) in [4.78, 5) is 28.1. The number of nitrogens with zero attached hydrogens (tertiary/aromatic N) is 3. The van der Waals surface area contributed by atoms with Crippen LogP contribution in [0.2, 0.25) is 0 Å². The summed E-state index contributed by atoms with van der Waals surface area (Å²) in [7, 11) is 3.56. The van der Waals surface area contributed by atoms with Gasteiger partial charge < -0.3 is 14.5 Å². The van der Waals surface area contributed by atoms with Crippen LogP contribution < -0.4 is 10.9 Å². The molecule has 2 heterocycles. The molecule has 0 atom stereocenters. The number of nitrogens with one attached hydrogen (secondary N) is 1. The van der Waals surface area contributed by atoms with E-state index in [2.05, 4.69) is 10.3 Å². The third kappa shape index (κ3) is 2.79. The number of pyridine rings is 1. The highest BCUT2D eigenvalue weighted by Crippen LogP contribution is 1.98. The molecule has 6 heteroatoms. The van der Waals surface area contributed by atoms with Gasteiger partial charge in [-0.25, -0.2) is 4.98 Å². The molecule has 2 rings (SSSR count). The molecule has 0 fully saturated rings. The zero-order valence-electron chi connectivity index (χ0n) is 11.9. The third-order valence-corrected chi connectivity index (χ3v) is 3.36. The average Bonchev–Trinajstić information content (AvgIpc) is 2.82. The van der Waals surface area contributed by atoms with Crippen molar-refractivity contribution in [3.8, 4) is 0 Å². The van der Waals surface area contributed by atoms with Gasteiger partial charge in [0.15, 0.2) is 0 Å². The highest BCUT2D eigenvalue weighted by molar-refractivity contribution is 5.93.